The van der Waals surface area contributed by atoms with Crippen LogP contribution >= 0.6 is 0 Å². The van der Waals surface area contributed by atoms with Crippen LogP contribution in [0.15, 0.2) is 46.9 Å². The molecule has 3 N–H and O–H groups in total. The molecule has 1 amide bonds. The molecule has 0 aliphatic carbocycles. The number of carbonyl (C=O) groups excluding carboxylic acids is 1. The molecule has 1 atom stereocenters. The number of nitrogens with two attached hydrogens (primary N) is 1. The summed E-state index contributed by atoms with van der Waals surface area (Å²) in [6.07, 6.45) is 0.889. The summed E-state index contributed by atoms with van der Waals surface area (Å²) >= 11 is 0. The normalized spacial score (nSPS) is 12.1. The molecule has 0 bridgehead atoms. The number of amides is 1. The monoisotopic (exact) mass is 272 g/mol. The van der Waals surface area contributed by atoms with Gasteiger partial charge in [0, 0.05) is 6.54 Å². The zero-order chi connectivity index (χ0) is 14.4. The van der Waals surface area contributed by atoms with Crippen LogP contribution in [0.25, 0.3) is 0 Å². The van der Waals surface area contributed by atoms with Crippen LogP contribution in [0.2, 0.25) is 0 Å². The van der Waals surface area contributed by atoms with E-state index in [1.54, 1.807) is 12.1 Å². The van der Waals surface area contributed by atoms with Gasteiger partial charge in [0.15, 0.2) is 5.76 Å². The fourth-order valence-corrected chi connectivity index (χ4v) is 2.05. The Kier molecular flexibility index (Phi) is 4.96. The summed E-state index contributed by atoms with van der Waals surface area (Å²) in [5.41, 5.74) is 6.72. The van der Waals surface area contributed by atoms with Crippen LogP contribution in [0.1, 0.15) is 41.1 Å². The molecule has 0 spiro atoms. The van der Waals surface area contributed by atoms with Gasteiger partial charge >= 0.3 is 0 Å². The van der Waals surface area contributed by atoms with Crippen molar-refractivity contribution >= 4 is 5.91 Å². The first kappa shape index (κ1) is 14.3. The van der Waals surface area contributed by atoms with Crippen molar-refractivity contribution in [2.75, 3.05) is 6.54 Å². The van der Waals surface area contributed by atoms with E-state index in [9.17, 15) is 4.79 Å². The second kappa shape index (κ2) is 6.91. The van der Waals surface area contributed by atoms with E-state index in [0.717, 1.165) is 6.42 Å². The van der Waals surface area contributed by atoms with Crippen molar-refractivity contribution in [1.29, 1.82) is 0 Å². The molecule has 4 nitrogen and oxygen atoms in total. The number of hydrogen-bond donors (Lipinski definition) is 2. The molecule has 1 aromatic carbocycles. The van der Waals surface area contributed by atoms with E-state index in [2.05, 4.69) is 24.4 Å². The van der Waals surface area contributed by atoms with E-state index in [1.165, 1.54) is 5.56 Å². The van der Waals surface area contributed by atoms with E-state index < -0.39 is 0 Å². The quantitative estimate of drug-likeness (QED) is 0.849. The summed E-state index contributed by atoms with van der Waals surface area (Å²) in [6, 6.07) is 13.6. The third kappa shape index (κ3) is 3.71. The van der Waals surface area contributed by atoms with Gasteiger partial charge in [0.1, 0.15) is 5.76 Å². The summed E-state index contributed by atoms with van der Waals surface area (Å²) < 4.78 is 5.30. The zero-order valence-electron chi connectivity index (χ0n) is 11.6. The lowest BCUT2D eigenvalue weighted by Gasteiger charge is -2.11. The van der Waals surface area contributed by atoms with Gasteiger partial charge in [-0.05, 0) is 30.0 Å². The smallest absolute Gasteiger partial charge is 0.286 e. The van der Waals surface area contributed by atoms with E-state index in [1.807, 2.05) is 18.2 Å². The van der Waals surface area contributed by atoms with Crippen LogP contribution in [0.4, 0.5) is 0 Å². The molecule has 20 heavy (non-hydrogen) atoms. The molecule has 2 aromatic rings. The van der Waals surface area contributed by atoms with Crippen molar-refractivity contribution in [3.05, 3.63) is 59.5 Å². The number of hydrogen-bond acceptors (Lipinski definition) is 3. The Bertz CT molecular complexity index is 549. The van der Waals surface area contributed by atoms with E-state index in [4.69, 9.17) is 10.2 Å². The molecule has 1 unspecified atom stereocenters. The Labute approximate surface area is 119 Å². The molecular formula is C16H20N2O2. The number of carbonyl (C=O) groups is 1. The lowest BCUT2D eigenvalue weighted by Crippen LogP contribution is -2.24. The highest BCUT2D eigenvalue weighted by molar-refractivity contribution is 5.91. The third-order valence-corrected chi connectivity index (χ3v) is 3.32. The predicted octanol–water partition coefficient (Wildman–Crippen LogP) is 2.66. The molecule has 106 valence electrons. The molecule has 4 heteroatoms. The van der Waals surface area contributed by atoms with Crippen molar-refractivity contribution < 1.29 is 9.21 Å². The van der Waals surface area contributed by atoms with Crippen LogP contribution in [-0.4, -0.2) is 12.5 Å². The van der Waals surface area contributed by atoms with E-state index in [0.29, 0.717) is 30.5 Å². The van der Waals surface area contributed by atoms with Crippen LogP contribution in [0.5, 0.6) is 0 Å². The van der Waals surface area contributed by atoms with Crippen LogP contribution in [0, 0.1) is 0 Å². The second-order valence-electron chi connectivity index (χ2n) is 4.83. The largest absolute Gasteiger partial charge is 0.455 e. The van der Waals surface area contributed by atoms with E-state index in [-0.39, 0.29) is 5.91 Å². The Morgan fingerprint density at radius 2 is 2.00 bits per heavy atom. The summed E-state index contributed by atoms with van der Waals surface area (Å²) in [5, 5.41) is 2.86. The summed E-state index contributed by atoms with van der Waals surface area (Å²) in [4.78, 5) is 11.8. The SMILES string of the molecule is CC(CCNC(=O)c1ccc(CN)o1)c1ccccc1. The zero-order valence-corrected chi connectivity index (χ0v) is 11.6. The first-order chi connectivity index (χ1) is 9.70. The van der Waals surface area contributed by atoms with Crippen molar-refractivity contribution in [3.8, 4) is 0 Å². The maximum atomic E-state index is 11.8. The lowest BCUT2D eigenvalue weighted by atomic mass is 9.98. The molecule has 1 heterocycles. The summed E-state index contributed by atoms with van der Waals surface area (Å²) in [7, 11) is 0. The molecule has 0 fully saturated rings. The van der Waals surface area contributed by atoms with Gasteiger partial charge in [0.25, 0.3) is 5.91 Å². The lowest BCUT2D eigenvalue weighted by molar-refractivity contribution is 0.0923. The van der Waals surface area contributed by atoms with Gasteiger partial charge in [-0.15, -0.1) is 0 Å². The Morgan fingerprint density at radius 1 is 1.25 bits per heavy atom. The van der Waals surface area contributed by atoms with Crippen LogP contribution < -0.4 is 11.1 Å². The van der Waals surface area contributed by atoms with Crippen molar-refractivity contribution in [1.82, 2.24) is 5.32 Å². The van der Waals surface area contributed by atoms with Gasteiger partial charge in [-0.3, -0.25) is 4.79 Å². The highest BCUT2D eigenvalue weighted by Gasteiger charge is 2.11. The first-order valence-corrected chi connectivity index (χ1v) is 6.82. The summed E-state index contributed by atoms with van der Waals surface area (Å²) in [5.74, 6) is 1.16. The Morgan fingerprint density at radius 3 is 2.65 bits per heavy atom. The molecular weight excluding hydrogens is 252 g/mol. The second-order valence-corrected chi connectivity index (χ2v) is 4.83. The average Bonchev–Trinajstić information content (AvgIpc) is 2.97. The molecule has 0 saturated carbocycles. The number of benzene rings is 1. The Balaban J connectivity index is 1.79. The fraction of sp³-hybridized carbons (Fsp3) is 0.312. The van der Waals surface area contributed by atoms with Gasteiger partial charge in [-0.25, -0.2) is 0 Å². The summed E-state index contributed by atoms with van der Waals surface area (Å²) in [6.45, 7) is 3.08. The average molecular weight is 272 g/mol. The minimum absolute atomic E-state index is 0.190. The van der Waals surface area contributed by atoms with Gasteiger partial charge in [0.2, 0.25) is 0 Å². The van der Waals surface area contributed by atoms with Crippen molar-refractivity contribution in [3.63, 3.8) is 0 Å². The maximum absolute atomic E-state index is 11.8. The van der Waals surface area contributed by atoms with Crippen LogP contribution in [-0.2, 0) is 6.54 Å². The van der Waals surface area contributed by atoms with Gasteiger partial charge in [0.05, 0.1) is 6.54 Å². The molecule has 0 aliphatic heterocycles. The Hall–Kier alpha value is -2.07. The fourth-order valence-electron chi connectivity index (χ4n) is 2.05. The standard InChI is InChI=1S/C16H20N2O2/c1-12(13-5-3-2-4-6-13)9-10-18-16(19)15-8-7-14(11-17)20-15/h2-8,12H,9-11,17H2,1H3,(H,18,19). The minimum atomic E-state index is -0.190. The van der Waals surface area contributed by atoms with Gasteiger partial charge < -0.3 is 15.5 Å². The minimum Gasteiger partial charge on any atom is -0.455 e. The maximum Gasteiger partial charge on any atom is 0.286 e. The van der Waals surface area contributed by atoms with Gasteiger partial charge in [-0.2, -0.15) is 0 Å². The number of rotatable bonds is 6. The topological polar surface area (TPSA) is 68.3 Å². The molecule has 0 aliphatic rings. The molecule has 2 rings (SSSR count). The van der Waals surface area contributed by atoms with Gasteiger partial charge in [-0.1, -0.05) is 37.3 Å². The number of furan rings is 1. The van der Waals surface area contributed by atoms with Crippen molar-refractivity contribution in [2.24, 2.45) is 5.73 Å². The molecule has 0 saturated heterocycles. The predicted molar refractivity (Wildman–Crippen MR) is 78.4 cm³/mol. The highest BCUT2D eigenvalue weighted by atomic mass is 16.4. The van der Waals surface area contributed by atoms with Crippen molar-refractivity contribution in [2.45, 2.75) is 25.8 Å². The third-order valence-electron chi connectivity index (χ3n) is 3.32. The van der Waals surface area contributed by atoms with E-state index >= 15 is 0 Å². The molecule has 0 radical (unpaired) electrons. The molecule has 1 aromatic heterocycles. The van der Waals surface area contributed by atoms with Crippen LogP contribution in [0.3, 0.4) is 0 Å². The highest BCUT2D eigenvalue weighted by Crippen LogP contribution is 2.17. The first-order valence-electron chi connectivity index (χ1n) is 6.82. The number of nitrogens with one attached hydrogen (secondary N) is 1.